The predicted molar refractivity (Wildman–Crippen MR) is 266 cm³/mol. The van der Waals surface area contributed by atoms with Gasteiger partial charge in [-0.1, -0.05) is 17.7 Å². The zero-order valence-electron chi connectivity index (χ0n) is 45.8. The van der Waals surface area contributed by atoms with Crippen LogP contribution in [0.3, 0.4) is 0 Å². The molecule has 0 radical (unpaired) electrons. The summed E-state index contributed by atoms with van der Waals surface area (Å²) in [4.78, 5) is -0.376. The van der Waals surface area contributed by atoms with Gasteiger partial charge >= 0.3 is 0 Å². The number of aryl methyl sites for hydroxylation is 1. The van der Waals surface area contributed by atoms with Gasteiger partial charge in [0.1, 0.15) is 171 Å². The highest BCUT2D eigenvalue weighted by molar-refractivity contribution is 7.86. The van der Waals surface area contributed by atoms with Crippen LogP contribution in [0.25, 0.3) is 0 Å². The van der Waals surface area contributed by atoms with Crippen molar-refractivity contribution >= 4 is 10.1 Å². The molecule has 37 nitrogen and oxygen atoms in total. The van der Waals surface area contributed by atoms with Gasteiger partial charge in [0, 0.05) is 0 Å². The molecule has 21 fully saturated rings. The minimum absolute atomic E-state index is 0.376. The van der Waals surface area contributed by atoms with Crippen LogP contribution < -0.4 is 0 Å². The highest BCUT2D eigenvalue weighted by Crippen LogP contribution is 2.39. The van der Waals surface area contributed by atoms with Gasteiger partial charge in [-0.25, -0.2) is 0 Å². The zero-order chi connectivity index (χ0) is 63.2. The van der Waals surface area contributed by atoms with Gasteiger partial charge in [0.25, 0.3) is 10.1 Å². The Balaban J connectivity index is 1.02. The van der Waals surface area contributed by atoms with Gasteiger partial charge in [0.15, 0.2) is 44.0 Å². The van der Waals surface area contributed by atoms with E-state index in [1.807, 2.05) is 0 Å². The highest BCUT2D eigenvalue weighted by Gasteiger charge is 2.60. The van der Waals surface area contributed by atoms with Gasteiger partial charge in [-0.2, -0.15) is 8.42 Å². The smallest absolute Gasteiger partial charge is 0.297 e. The Labute approximate surface area is 492 Å². The summed E-state index contributed by atoms with van der Waals surface area (Å²) in [5, 5.41) is 223. The Bertz CT molecular complexity index is 2420. The summed E-state index contributed by atoms with van der Waals surface area (Å²) >= 11 is 0. The first-order valence-electron chi connectivity index (χ1n) is 27.6. The number of hydrogen-bond donors (Lipinski definition) is 20. The van der Waals surface area contributed by atoms with E-state index >= 15 is 0 Å². The van der Waals surface area contributed by atoms with Crippen LogP contribution in [0.1, 0.15) is 5.56 Å². The van der Waals surface area contributed by atoms with Crippen LogP contribution in [0, 0.1) is 6.92 Å². The van der Waals surface area contributed by atoms with E-state index in [2.05, 4.69) is 0 Å². The molecule has 21 aliphatic rings. The summed E-state index contributed by atoms with van der Waals surface area (Å²) < 4.78 is 113. The lowest BCUT2D eigenvalue weighted by Crippen LogP contribution is -2.68. The van der Waals surface area contributed by atoms with Crippen molar-refractivity contribution in [3.63, 3.8) is 0 Å². The molecule has 35 atom stereocenters. The molecule has 0 spiro atoms. The van der Waals surface area contributed by atoms with Gasteiger partial charge < -0.3 is 168 Å². The second-order valence-corrected chi connectivity index (χ2v) is 23.6. The van der Waals surface area contributed by atoms with E-state index in [9.17, 15) is 111 Å². The minimum Gasteiger partial charge on any atom is -0.394 e. The van der Waals surface area contributed by atoms with E-state index in [4.69, 9.17) is 70.5 Å². The maximum atomic E-state index is 13.5. The van der Waals surface area contributed by atoms with E-state index in [0.29, 0.717) is 5.56 Å². The van der Waals surface area contributed by atoms with Crippen molar-refractivity contribution in [2.75, 3.05) is 46.2 Å². The normalized spacial score (nSPS) is 50.5. The Kier molecular flexibility index (Phi) is 23.0. The molecule has 500 valence electrons. The van der Waals surface area contributed by atoms with Crippen LogP contribution in [0.2, 0.25) is 0 Å². The Morgan fingerprint density at radius 2 is 0.483 bits per heavy atom. The summed E-state index contributed by atoms with van der Waals surface area (Å²) in [6, 6.07) is 5.26. The van der Waals surface area contributed by atoms with Gasteiger partial charge in [-0.3, -0.25) is 4.18 Å². The minimum atomic E-state index is -4.72. The SMILES string of the molecule is Cc1ccc(S(=O)(=O)OC[C@H]2O[C@@H]3O[C@H]4[C@H](O)[C@@H](O)[C@@H](O[C@H]5[C@H](O)[C@@H](O)[C@@H](O[C@H]6[C@H](O)[C@@H](O)[C@@H](O[C@H]7[C@@H](O)[C@H](O)[C@@H](O[C@H]8[C@@H](O)[C@H](O)[C@@H](O[C@H]9[C@@H](O)[C@H](O)[C@@H](O[C@H]2[C@H](O)[C@H]3O)O[C@@H]9CO)O[C@@H]8CO)O[C@@H]7CO)O[C@@H]6CO)O[C@@H]5CO)O[C@H]4CO)cc1. The van der Waals surface area contributed by atoms with Crippen molar-refractivity contribution < 1.29 is 181 Å². The first-order chi connectivity index (χ1) is 41.3. The van der Waals surface area contributed by atoms with E-state index in [1.165, 1.54) is 24.3 Å². The molecular formula is C49H76O37S. The molecule has 21 heterocycles. The van der Waals surface area contributed by atoms with Crippen molar-refractivity contribution in [2.45, 2.75) is 227 Å². The Morgan fingerprint density at radius 1 is 0.299 bits per heavy atom. The lowest BCUT2D eigenvalue weighted by Gasteiger charge is -2.50. The average Bonchev–Trinajstić information content (AvgIpc) is 1.18. The fraction of sp³-hybridized carbons (Fsp3) is 0.878. The third-order valence-electron chi connectivity index (χ3n) is 16.3. The van der Waals surface area contributed by atoms with E-state index < -0.39 is 271 Å². The fourth-order valence-electron chi connectivity index (χ4n) is 11.3. The van der Waals surface area contributed by atoms with E-state index in [0.717, 1.165) is 0 Å². The van der Waals surface area contributed by atoms with Crippen molar-refractivity contribution in [2.24, 2.45) is 0 Å². The fourth-order valence-corrected chi connectivity index (χ4v) is 12.3. The molecule has 38 heteroatoms. The molecule has 20 N–H and O–H groups in total. The molecular weight excluding hydrogens is 1210 g/mol. The van der Waals surface area contributed by atoms with Crippen molar-refractivity contribution in [3.05, 3.63) is 29.8 Å². The third kappa shape index (κ3) is 14.0. The third-order valence-corrected chi connectivity index (χ3v) is 17.6. The second kappa shape index (κ2) is 29.0. The highest BCUT2D eigenvalue weighted by atomic mass is 32.2. The molecule has 1 aromatic rings. The molecule has 22 rings (SSSR count). The largest absolute Gasteiger partial charge is 0.394 e. The van der Waals surface area contributed by atoms with E-state index in [1.54, 1.807) is 6.92 Å². The van der Waals surface area contributed by atoms with Gasteiger partial charge in [-0.05, 0) is 19.1 Å². The summed E-state index contributed by atoms with van der Waals surface area (Å²) in [6.45, 7) is -6.01. The van der Waals surface area contributed by atoms with Gasteiger partial charge in [0.05, 0.1) is 51.1 Å². The zero-order valence-corrected chi connectivity index (χ0v) is 46.6. The first kappa shape index (κ1) is 69.1. The van der Waals surface area contributed by atoms with Crippen LogP contribution >= 0.6 is 0 Å². The van der Waals surface area contributed by atoms with Crippen LogP contribution in [0.4, 0.5) is 0 Å². The quantitative estimate of drug-likeness (QED) is 0.0967. The number of aliphatic hydroxyl groups is 20. The maximum Gasteiger partial charge on any atom is 0.297 e. The second-order valence-electron chi connectivity index (χ2n) is 22.0. The Morgan fingerprint density at radius 3 is 0.678 bits per heavy atom. The molecule has 1 aromatic carbocycles. The van der Waals surface area contributed by atoms with E-state index in [-0.39, 0.29) is 4.90 Å². The average molecular weight is 1290 g/mol. The van der Waals surface area contributed by atoms with Crippen LogP contribution in [-0.2, 0) is 80.6 Å². The topological polar surface area (TPSA) is 577 Å². The summed E-state index contributed by atoms with van der Waals surface area (Å²) in [6.07, 6.45) is -72.9. The number of benzene rings is 1. The van der Waals surface area contributed by atoms with Gasteiger partial charge in [-0.15, -0.1) is 0 Å². The molecule has 0 aromatic heterocycles. The van der Waals surface area contributed by atoms with Crippen molar-refractivity contribution in [1.29, 1.82) is 0 Å². The van der Waals surface area contributed by atoms with Crippen molar-refractivity contribution in [3.8, 4) is 0 Å². The molecule has 0 amide bonds. The standard InChI is InChI=1S/C49H76O37S/c1-13-2-4-14(5-3-13)87(70,71)72-12-21-42-28(62)35(69)49(79-21)85-41-20(11-55)77-47(33(67)26(41)60)83-39-18(9-53)75-45(31(65)24(39)58)81-37-16(7-51)73-43(29(63)22(37)56)80-36-15(6-50)74-44(30(64)23(36)57)82-38-17(8-52)76-46(32(66)25(38)59)84-40-19(10-54)78-48(86-42)34(68)27(40)61/h2-5,15-69H,6-12H2,1H3/t15-,16-,17-,18-,19-,20+,21-,22-,23+,24-,25+,26-,27+,28-,29-,30+,31-,32+,33-,34+,35-,36-,37-,38-,39-,40-,41-,42-,43-,44-,45-,46-,47-,48-,49-/m1/s1. The summed E-state index contributed by atoms with van der Waals surface area (Å²) in [5.41, 5.74) is 0.657. The monoisotopic (exact) mass is 1290 g/mol. The summed E-state index contributed by atoms with van der Waals surface area (Å²) in [7, 11) is -4.72. The Hall–Kier alpha value is -2.23. The predicted octanol–water partition coefficient (Wildman–Crippen LogP) is -13.5. The first-order valence-corrected chi connectivity index (χ1v) is 29.0. The molecule has 87 heavy (non-hydrogen) atoms. The van der Waals surface area contributed by atoms with Crippen LogP contribution in [-0.4, -0.2) is 372 Å². The van der Waals surface area contributed by atoms with Gasteiger partial charge in [0.2, 0.25) is 0 Å². The number of aliphatic hydroxyl groups excluding tert-OH is 20. The molecule has 21 saturated heterocycles. The summed E-state index contributed by atoms with van der Waals surface area (Å²) in [5.74, 6) is 0. The van der Waals surface area contributed by atoms with Crippen LogP contribution in [0.5, 0.6) is 0 Å². The molecule has 0 unspecified atom stereocenters. The molecule has 21 aliphatic heterocycles. The van der Waals surface area contributed by atoms with Crippen LogP contribution in [0.15, 0.2) is 29.2 Å². The lowest BCUT2D eigenvalue weighted by molar-refractivity contribution is -0.396. The number of hydrogen-bond acceptors (Lipinski definition) is 37. The maximum absolute atomic E-state index is 13.5. The van der Waals surface area contributed by atoms with Crippen molar-refractivity contribution in [1.82, 2.24) is 0 Å². The lowest BCUT2D eigenvalue weighted by atomic mass is 9.95. The molecule has 14 bridgehead atoms. The molecule has 0 aliphatic carbocycles. The number of rotatable bonds is 10. The number of ether oxygens (including phenoxy) is 14. The molecule has 0 saturated carbocycles.